The van der Waals surface area contributed by atoms with E-state index in [0.29, 0.717) is 0 Å². The molecule has 5 aliphatic rings. The lowest BCUT2D eigenvalue weighted by atomic mass is 9.56. The molecule has 0 amide bonds. The fraction of sp³-hybridized carbons (Fsp3) is 0.833. The highest BCUT2D eigenvalue weighted by Gasteiger charge is 2.43. The number of hydrogen-bond donors (Lipinski definition) is 0. The van der Waals surface area contributed by atoms with Crippen molar-refractivity contribution in [1.82, 2.24) is 0 Å². The van der Waals surface area contributed by atoms with Crippen LogP contribution in [0.25, 0.3) is 0 Å². The molecule has 3 saturated carbocycles. The first-order chi connectivity index (χ1) is 12.3. The second-order valence-electron chi connectivity index (χ2n) is 9.97. The van der Waals surface area contributed by atoms with Crippen LogP contribution in [0, 0.1) is 41.4 Å². The molecule has 0 nitrogen and oxygen atoms in total. The zero-order valence-corrected chi connectivity index (χ0v) is 17.9. The third kappa shape index (κ3) is 3.41. The Kier molecular flexibility index (Phi) is 5.07. The maximum absolute atomic E-state index is 2.81. The lowest BCUT2D eigenvalue weighted by Crippen LogP contribution is -2.40. The van der Waals surface area contributed by atoms with Crippen LogP contribution >= 0.6 is 22.6 Å². The molecule has 3 fully saturated rings. The summed E-state index contributed by atoms with van der Waals surface area (Å²) in [5.74, 6) is 7.04. The molecule has 0 spiro atoms. The number of hydrogen-bond acceptors (Lipinski definition) is 0. The van der Waals surface area contributed by atoms with Crippen LogP contribution in [0.3, 0.4) is 0 Å². The van der Waals surface area contributed by atoms with E-state index in [1.165, 1.54) is 57.8 Å². The quantitative estimate of drug-likeness (QED) is 0.223. The minimum absolute atomic E-state index is 0.942. The summed E-state index contributed by atoms with van der Waals surface area (Å²) in [5, 5.41) is 0. The number of fused-ring (bicyclic) bond motifs is 4. The predicted molar refractivity (Wildman–Crippen MR) is 115 cm³/mol. The fourth-order valence-corrected chi connectivity index (χ4v) is 8.40. The van der Waals surface area contributed by atoms with Crippen LogP contribution in [-0.4, -0.2) is 3.92 Å². The van der Waals surface area contributed by atoms with Gasteiger partial charge in [-0.1, -0.05) is 46.4 Å². The van der Waals surface area contributed by atoms with Gasteiger partial charge in [-0.3, -0.25) is 0 Å². The molecule has 1 heteroatoms. The van der Waals surface area contributed by atoms with E-state index in [1.54, 1.807) is 19.3 Å². The van der Waals surface area contributed by atoms with Crippen molar-refractivity contribution in [2.24, 2.45) is 41.4 Å². The van der Waals surface area contributed by atoms with Gasteiger partial charge in [0.15, 0.2) is 0 Å². The van der Waals surface area contributed by atoms with Crippen molar-refractivity contribution in [2.45, 2.75) is 81.0 Å². The molecule has 0 saturated heterocycles. The van der Waals surface area contributed by atoms with E-state index < -0.39 is 0 Å². The van der Waals surface area contributed by atoms with E-state index >= 15 is 0 Å². The van der Waals surface area contributed by atoms with Gasteiger partial charge in [0.25, 0.3) is 0 Å². The predicted octanol–water partition coefficient (Wildman–Crippen LogP) is 7.34. The van der Waals surface area contributed by atoms with E-state index in [9.17, 15) is 0 Å². The van der Waals surface area contributed by atoms with E-state index in [0.717, 1.165) is 45.3 Å². The average molecular weight is 450 g/mol. The van der Waals surface area contributed by atoms with Gasteiger partial charge in [-0.2, -0.15) is 0 Å². The third-order valence-corrected chi connectivity index (χ3v) is 9.92. The molecule has 0 aromatic heterocycles. The second-order valence-corrected chi connectivity index (χ2v) is 11.7. The van der Waals surface area contributed by atoms with Gasteiger partial charge < -0.3 is 0 Å². The smallest absolute Gasteiger partial charge is 0.0118 e. The maximum Gasteiger partial charge on any atom is 0.0118 e. The Balaban J connectivity index is 1.26. The first-order valence-corrected chi connectivity index (χ1v) is 12.5. The van der Waals surface area contributed by atoms with E-state index in [2.05, 4.69) is 40.8 Å². The number of halogens is 1. The van der Waals surface area contributed by atoms with Gasteiger partial charge in [0.1, 0.15) is 0 Å². The summed E-state index contributed by atoms with van der Waals surface area (Å²) in [6, 6.07) is 0. The molecule has 5 aliphatic carbocycles. The van der Waals surface area contributed by atoms with Gasteiger partial charge in [0.05, 0.1) is 0 Å². The Morgan fingerprint density at radius 2 is 1.68 bits per heavy atom. The molecular weight excluding hydrogens is 415 g/mol. The zero-order valence-electron chi connectivity index (χ0n) is 15.7. The Bertz CT molecular complexity index is 546. The summed E-state index contributed by atoms with van der Waals surface area (Å²) in [6.45, 7) is 0. The van der Waals surface area contributed by atoms with Crippen molar-refractivity contribution in [3.05, 3.63) is 23.8 Å². The molecule has 0 radical (unpaired) electrons. The Morgan fingerprint density at radius 1 is 0.800 bits per heavy atom. The van der Waals surface area contributed by atoms with Crippen molar-refractivity contribution in [2.75, 3.05) is 0 Å². The molecule has 0 aromatic carbocycles. The van der Waals surface area contributed by atoms with Crippen LogP contribution < -0.4 is 0 Å². The highest BCUT2D eigenvalue weighted by molar-refractivity contribution is 14.1. The second kappa shape index (κ2) is 7.32. The maximum atomic E-state index is 2.81. The molecule has 0 aliphatic heterocycles. The van der Waals surface area contributed by atoms with Crippen LogP contribution in [-0.2, 0) is 0 Å². The van der Waals surface area contributed by atoms with Gasteiger partial charge in [-0.25, -0.2) is 0 Å². The average Bonchev–Trinajstić information content (AvgIpc) is 2.67. The first kappa shape index (κ1) is 17.3. The lowest BCUT2D eigenvalue weighted by molar-refractivity contribution is 0.0393. The normalized spacial score (nSPS) is 49.6. The highest BCUT2D eigenvalue weighted by atomic mass is 127. The molecule has 8 unspecified atom stereocenters. The van der Waals surface area contributed by atoms with Crippen LogP contribution in [0.2, 0.25) is 0 Å². The standard InChI is InChI=1S/C24H35I/c25-22-11-9-18-13-17(6-7-20(18)15-22)19-10-12-24-21(14-19)8-5-16-3-1-2-4-23(16)24/h2,4,13,16-17,19-24H,1,3,5-12,14-15H2. The van der Waals surface area contributed by atoms with Crippen molar-refractivity contribution < 1.29 is 0 Å². The van der Waals surface area contributed by atoms with Gasteiger partial charge in [0, 0.05) is 3.92 Å². The molecule has 5 rings (SSSR count). The minimum atomic E-state index is 0.942. The summed E-state index contributed by atoms with van der Waals surface area (Å²) >= 11 is 2.70. The number of allylic oxidation sites excluding steroid dienone is 4. The summed E-state index contributed by atoms with van der Waals surface area (Å²) in [7, 11) is 0. The van der Waals surface area contributed by atoms with Gasteiger partial charge in [0.2, 0.25) is 0 Å². The van der Waals surface area contributed by atoms with Crippen LogP contribution in [0.15, 0.2) is 23.8 Å². The third-order valence-electron chi connectivity index (χ3n) is 8.78. The summed E-state index contributed by atoms with van der Waals surface area (Å²) in [4.78, 5) is 0. The zero-order chi connectivity index (χ0) is 16.8. The molecule has 0 N–H and O–H groups in total. The van der Waals surface area contributed by atoms with Crippen molar-refractivity contribution in [1.29, 1.82) is 0 Å². The summed E-state index contributed by atoms with van der Waals surface area (Å²) < 4.78 is 0.950. The fourth-order valence-electron chi connectivity index (χ4n) is 7.47. The molecule has 0 aromatic rings. The SMILES string of the molecule is IC1CCC2=CC(C3CCC4C(CCC5CCC=CC54)C3)CCC2C1. The molecular formula is C24H35I. The van der Waals surface area contributed by atoms with E-state index in [1.807, 2.05) is 5.57 Å². The molecule has 8 atom stereocenters. The van der Waals surface area contributed by atoms with Crippen molar-refractivity contribution >= 4 is 22.6 Å². The summed E-state index contributed by atoms with van der Waals surface area (Å²) in [6.07, 6.45) is 25.9. The van der Waals surface area contributed by atoms with E-state index in [-0.39, 0.29) is 0 Å². The van der Waals surface area contributed by atoms with Crippen molar-refractivity contribution in [3.63, 3.8) is 0 Å². The minimum Gasteiger partial charge on any atom is -0.0882 e. The van der Waals surface area contributed by atoms with Crippen LogP contribution in [0.1, 0.15) is 77.0 Å². The highest BCUT2D eigenvalue weighted by Crippen LogP contribution is 2.53. The Labute approximate surface area is 168 Å². The monoisotopic (exact) mass is 450 g/mol. The van der Waals surface area contributed by atoms with Gasteiger partial charge >= 0.3 is 0 Å². The number of alkyl halides is 1. The largest absolute Gasteiger partial charge is 0.0882 e. The molecule has 0 bridgehead atoms. The van der Waals surface area contributed by atoms with Crippen LogP contribution in [0.5, 0.6) is 0 Å². The topological polar surface area (TPSA) is 0 Å². The van der Waals surface area contributed by atoms with Gasteiger partial charge in [-0.15, -0.1) is 0 Å². The Hall–Kier alpha value is 0.210. The molecule has 25 heavy (non-hydrogen) atoms. The number of rotatable bonds is 1. The van der Waals surface area contributed by atoms with E-state index in [4.69, 9.17) is 0 Å². The van der Waals surface area contributed by atoms with Crippen molar-refractivity contribution in [3.8, 4) is 0 Å². The molecule has 0 heterocycles. The first-order valence-electron chi connectivity index (χ1n) is 11.3. The van der Waals surface area contributed by atoms with Gasteiger partial charge in [-0.05, 0) is 118 Å². The summed E-state index contributed by atoms with van der Waals surface area (Å²) in [5.41, 5.74) is 1.88. The van der Waals surface area contributed by atoms with Crippen LogP contribution in [0.4, 0.5) is 0 Å². The molecule has 138 valence electrons. The Morgan fingerprint density at radius 3 is 2.64 bits per heavy atom. The lowest BCUT2D eigenvalue weighted by Gasteiger charge is -2.49.